The summed E-state index contributed by atoms with van der Waals surface area (Å²) in [6.45, 7) is 7.87. The van der Waals surface area contributed by atoms with Crippen molar-refractivity contribution < 1.29 is 15.0 Å². The fourth-order valence-electron chi connectivity index (χ4n) is 4.35. The van der Waals surface area contributed by atoms with Crippen molar-refractivity contribution in [2.24, 2.45) is 5.92 Å². The van der Waals surface area contributed by atoms with Crippen LogP contribution in [0.2, 0.25) is 0 Å². The Kier molecular flexibility index (Phi) is 6.67. The van der Waals surface area contributed by atoms with Gasteiger partial charge in [-0.1, -0.05) is 26.0 Å². The van der Waals surface area contributed by atoms with Crippen molar-refractivity contribution in [1.29, 1.82) is 0 Å². The Balaban J connectivity index is 1.56. The van der Waals surface area contributed by atoms with Gasteiger partial charge in [-0.2, -0.15) is 9.61 Å². The number of carbonyl (C=O) groups excluding carboxylic acids is 1. The van der Waals surface area contributed by atoms with Crippen LogP contribution in [0.4, 0.5) is 11.6 Å². The van der Waals surface area contributed by atoms with Crippen molar-refractivity contribution in [1.82, 2.24) is 14.6 Å². The molecule has 1 amide bonds. The number of hydrogen-bond donors (Lipinski definition) is 3. The molecule has 8 heteroatoms. The van der Waals surface area contributed by atoms with Crippen LogP contribution >= 0.6 is 0 Å². The second-order valence-corrected chi connectivity index (χ2v) is 9.57. The Morgan fingerprint density at radius 3 is 2.48 bits per heavy atom. The van der Waals surface area contributed by atoms with Crippen LogP contribution < -0.4 is 10.2 Å². The fraction of sp³-hybridized carbons (Fsp3) is 0.480. The van der Waals surface area contributed by atoms with Gasteiger partial charge in [0.05, 0.1) is 12.3 Å². The van der Waals surface area contributed by atoms with Gasteiger partial charge in [0.25, 0.3) is 5.91 Å². The third-order valence-corrected chi connectivity index (χ3v) is 6.57. The normalized spacial score (nSPS) is 15.2. The maximum Gasteiger partial charge on any atom is 0.256 e. The van der Waals surface area contributed by atoms with Crippen molar-refractivity contribution in [3.8, 4) is 0 Å². The molecule has 3 N–H and O–H groups in total. The summed E-state index contributed by atoms with van der Waals surface area (Å²) >= 11 is 0. The minimum Gasteiger partial charge on any atom is -0.396 e. The highest BCUT2D eigenvalue weighted by molar-refractivity contribution is 6.04. The molecule has 3 aromatic rings. The van der Waals surface area contributed by atoms with Crippen LogP contribution in [-0.4, -0.2) is 57.0 Å². The number of nitrogens with one attached hydrogen (secondary N) is 1. The molecule has 2 aromatic heterocycles. The van der Waals surface area contributed by atoms with Crippen LogP contribution in [0.3, 0.4) is 0 Å². The average Bonchev–Trinajstić information content (AvgIpc) is 3.19. The van der Waals surface area contributed by atoms with E-state index in [-0.39, 0.29) is 24.5 Å². The molecule has 0 spiro atoms. The van der Waals surface area contributed by atoms with Crippen LogP contribution in [0, 0.1) is 12.8 Å². The van der Waals surface area contributed by atoms with E-state index in [0.717, 1.165) is 49.4 Å². The zero-order valence-electron chi connectivity index (χ0n) is 19.6. The van der Waals surface area contributed by atoms with E-state index >= 15 is 0 Å². The molecule has 1 aromatic carbocycles. The number of fused-ring (bicyclic) bond motifs is 1. The van der Waals surface area contributed by atoms with E-state index in [1.165, 1.54) is 0 Å². The van der Waals surface area contributed by atoms with Crippen molar-refractivity contribution in [2.45, 2.75) is 45.4 Å². The summed E-state index contributed by atoms with van der Waals surface area (Å²) in [7, 11) is 0. The van der Waals surface area contributed by atoms with E-state index in [2.05, 4.69) is 20.3 Å². The van der Waals surface area contributed by atoms with Crippen molar-refractivity contribution >= 4 is 23.2 Å². The minimum atomic E-state index is -0.360. The molecule has 8 nitrogen and oxygen atoms in total. The zero-order valence-corrected chi connectivity index (χ0v) is 19.6. The van der Waals surface area contributed by atoms with E-state index in [1.54, 1.807) is 12.1 Å². The Hall–Kier alpha value is -2.97. The van der Waals surface area contributed by atoms with E-state index in [4.69, 9.17) is 0 Å². The molecule has 0 unspecified atom stereocenters. The lowest BCUT2D eigenvalue weighted by atomic mass is 9.85. The molecule has 0 bridgehead atoms. The number of rotatable bonds is 7. The molecular weight excluding hydrogens is 418 g/mol. The van der Waals surface area contributed by atoms with E-state index in [1.807, 2.05) is 49.6 Å². The summed E-state index contributed by atoms with van der Waals surface area (Å²) in [6, 6.07) is 11.1. The van der Waals surface area contributed by atoms with E-state index < -0.39 is 0 Å². The highest BCUT2D eigenvalue weighted by Crippen LogP contribution is 2.28. The molecule has 1 aliphatic rings. The number of amides is 1. The number of benzene rings is 1. The van der Waals surface area contributed by atoms with Crippen LogP contribution in [-0.2, 0) is 5.41 Å². The van der Waals surface area contributed by atoms with Crippen molar-refractivity contribution in [3.05, 3.63) is 53.2 Å². The van der Waals surface area contributed by atoms with Crippen molar-refractivity contribution in [3.63, 3.8) is 0 Å². The van der Waals surface area contributed by atoms with Crippen LogP contribution in [0.15, 0.2) is 36.4 Å². The van der Waals surface area contributed by atoms with Crippen LogP contribution in [0.1, 0.15) is 54.7 Å². The molecule has 0 atom stereocenters. The molecule has 176 valence electrons. The highest BCUT2D eigenvalue weighted by Gasteiger charge is 2.23. The molecule has 1 fully saturated rings. The van der Waals surface area contributed by atoms with Gasteiger partial charge in [-0.15, -0.1) is 0 Å². The van der Waals surface area contributed by atoms with E-state index in [0.29, 0.717) is 22.9 Å². The SMILES string of the molecule is Cc1cc2nc(NC(=O)c3ccc(C(C)(C)CO)cc3)cc(N3CCC(CCO)CC3)n2n1. The lowest BCUT2D eigenvalue weighted by Gasteiger charge is -2.33. The fourth-order valence-corrected chi connectivity index (χ4v) is 4.35. The van der Waals surface area contributed by atoms with Gasteiger partial charge in [0.2, 0.25) is 0 Å². The number of aryl methyl sites for hydroxylation is 1. The van der Waals surface area contributed by atoms with Crippen LogP contribution in [0.25, 0.3) is 5.65 Å². The zero-order chi connectivity index (χ0) is 23.6. The molecule has 4 rings (SSSR count). The van der Waals surface area contributed by atoms with Crippen molar-refractivity contribution in [2.75, 3.05) is 36.5 Å². The number of anilines is 2. The lowest BCUT2D eigenvalue weighted by molar-refractivity contribution is 0.102. The number of aromatic nitrogens is 3. The molecule has 0 aliphatic carbocycles. The molecule has 1 aliphatic heterocycles. The van der Waals surface area contributed by atoms with E-state index in [9.17, 15) is 15.0 Å². The second kappa shape index (κ2) is 9.49. The highest BCUT2D eigenvalue weighted by atomic mass is 16.3. The van der Waals surface area contributed by atoms with Gasteiger partial charge in [0.1, 0.15) is 11.6 Å². The number of carbonyl (C=O) groups is 1. The van der Waals surface area contributed by atoms with Crippen LogP contribution in [0.5, 0.6) is 0 Å². The Morgan fingerprint density at radius 1 is 1.15 bits per heavy atom. The monoisotopic (exact) mass is 451 g/mol. The van der Waals surface area contributed by atoms with Gasteiger partial charge in [0.15, 0.2) is 5.65 Å². The molecular formula is C25H33N5O3. The van der Waals surface area contributed by atoms with Gasteiger partial charge in [-0.3, -0.25) is 4.79 Å². The number of nitrogens with zero attached hydrogens (tertiary/aromatic N) is 4. The number of piperidine rings is 1. The summed E-state index contributed by atoms with van der Waals surface area (Å²) in [5.74, 6) is 1.70. The largest absolute Gasteiger partial charge is 0.396 e. The average molecular weight is 452 g/mol. The topological polar surface area (TPSA) is 103 Å². The summed E-state index contributed by atoms with van der Waals surface area (Å²) in [5, 5.41) is 26.4. The quantitative estimate of drug-likeness (QED) is 0.510. The summed E-state index contributed by atoms with van der Waals surface area (Å²) < 4.78 is 1.84. The third kappa shape index (κ3) is 5.02. The first-order chi connectivity index (χ1) is 15.8. The summed E-state index contributed by atoms with van der Waals surface area (Å²) in [5.41, 5.74) is 2.70. The Morgan fingerprint density at radius 2 is 1.85 bits per heavy atom. The predicted molar refractivity (Wildman–Crippen MR) is 129 cm³/mol. The first-order valence-corrected chi connectivity index (χ1v) is 11.6. The maximum absolute atomic E-state index is 12.9. The minimum absolute atomic E-state index is 0.0350. The van der Waals surface area contributed by atoms with Gasteiger partial charge in [-0.25, -0.2) is 4.98 Å². The third-order valence-electron chi connectivity index (χ3n) is 6.57. The molecule has 0 saturated carbocycles. The first-order valence-electron chi connectivity index (χ1n) is 11.6. The smallest absolute Gasteiger partial charge is 0.256 e. The van der Waals surface area contributed by atoms with Gasteiger partial charge in [-0.05, 0) is 49.8 Å². The maximum atomic E-state index is 12.9. The summed E-state index contributed by atoms with van der Waals surface area (Å²) in [4.78, 5) is 19.8. The second-order valence-electron chi connectivity index (χ2n) is 9.57. The predicted octanol–water partition coefficient (Wildman–Crippen LogP) is 3.16. The Bertz CT molecular complexity index is 1120. The standard InChI is InChI=1S/C25H33N5O3/c1-17-14-22-26-21(27-24(33)19-4-6-20(7-5-19)25(2,3)16-32)15-23(30(22)28-17)29-11-8-18(9-12-29)10-13-31/h4-7,14-15,18,31-32H,8-13,16H2,1-3H3,(H,26,27,33). The Labute approximate surface area is 194 Å². The molecule has 3 heterocycles. The number of aliphatic hydroxyl groups is 2. The molecule has 1 saturated heterocycles. The lowest BCUT2D eigenvalue weighted by Crippen LogP contribution is -2.35. The first kappa shape index (κ1) is 23.2. The molecule has 33 heavy (non-hydrogen) atoms. The number of aliphatic hydroxyl groups excluding tert-OH is 2. The van der Waals surface area contributed by atoms with Gasteiger partial charge < -0.3 is 20.4 Å². The molecule has 0 radical (unpaired) electrons. The summed E-state index contributed by atoms with van der Waals surface area (Å²) in [6.07, 6.45) is 2.88. The van der Waals surface area contributed by atoms with Gasteiger partial charge in [0, 0.05) is 42.8 Å². The van der Waals surface area contributed by atoms with Gasteiger partial charge >= 0.3 is 0 Å². The number of hydrogen-bond acceptors (Lipinski definition) is 6.